The van der Waals surface area contributed by atoms with Crippen molar-refractivity contribution >= 4 is 17.2 Å². The molecule has 1 aliphatic rings. The van der Waals surface area contributed by atoms with Crippen LogP contribution in [-0.4, -0.2) is 18.4 Å². The number of hydrogen-bond donors (Lipinski definition) is 1. The molecule has 3 heteroatoms. The van der Waals surface area contributed by atoms with E-state index in [1.54, 1.807) is 6.92 Å². The summed E-state index contributed by atoms with van der Waals surface area (Å²) >= 11 is 0. The molecule has 0 bridgehead atoms. The molecule has 0 aliphatic heterocycles. The molecule has 1 saturated carbocycles. The third-order valence-electron chi connectivity index (χ3n) is 3.52. The van der Waals surface area contributed by atoms with Crippen molar-refractivity contribution in [3.8, 4) is 0 Å². The molecule has 0 unspecified atom stereocenters. The van der Waals surface area contributed by atoms with Crippen LogP contribution in [0.25, 0.3) is 0 Å². The van der Waals surface area contributed by atoms with Gasteiger partial charge in [0.1, 0.15) is 0 Å². The van der Waals surface area contributed by atoms with E-state index in [0.29, 0.717) is 17.3 Å². The third-order valence-corrected chi connectivity index (χ3v) is 3.52. The van der Waals surface area contributed by atoms with E-state index in [-0.39, 0.29) is 5.78 Å². The van der Waals surface area contributed by atoms with Gasteiger partial charge in [0.05, 0.1) is 0 Å². The van der Waals surface area contributed by atoms with E-state index in [9.17, 15) is 4.79 Å². The molecular formula is C15H22N2O. The summed E-state index contributed by atoms with van der Waals surface area (Å²) in [5, 5.41) is 0. The van der Waals surface area contributed by atoms with Gasteiger partial charge >= 0.3 is 0 Å². The average Bonchev–Trinajstić information content (AvgIpc) is 3.08. The molecule has 1 aromatic rings. The Morgan fingerprint density at radius 2 is 2.11 bits per heavy atom. The lowest BCUT2D eigenvalue weighted by Crippen LogP contribution is -2.32. The summed E-state index contributed by atoms with van der Waals surface area (Å²) in [6.45, 7) is 7.03. The fourth-order valence-electron chi connectivity index (χ4n) is 2.24. The maximum Gasteiger partial charge on any atom is 0.161 e. The summed E-state index contributed by atoms with van der Waals surface area (Å²) in [5.41, 5.74) is 8.29. The van der Waals surface area contributed by atoms with Crippen molar-refractivity contribution in [2.24, 2.45) is 5.92 Å². The summed E-state index contributed by atoms with van der Waals surface area (Å²) < 4.78 is 0. The van der Waals surface area contributed by atoms with Crippen molar-refractivity contribution in [3.05, 3.63) is 23.8 Å². The molecule has 3 nitrogen and oxygen atoms in total. The van der Waals surface area contributed by atoms with Crippen LogP contribution in [0.4, 0.5) is 11.4 Å². The summed E-state index contributed by atoms with van der Waals surface area (Å²) in [6.07, 6.45) is 2.68. The lowest BCUT2D eigenvalue weighted by Gasteiger charge is -2.29. The largest absolute Gasteiger partial charge is 0.398 e. The number of nitrogens with zero attached hydrogens (tertiary/aromatic N) is 1. The summed E-state index contributed by atoms with van der Waals surface area (Å²) in [7, 11) is 0. The zero-order chi connectivity index (χ0) is 13.3. The number of Topliss-reactive ketones (excluding diaryl/α,β-unsaturated/α-hetero) is 1. The molecule has 2 rings (SSSR count). The topological polar surface area (TPSA) is 46.3 Å². The van der Waals surface area contributed by atoms with Crippen LogP contribution in [0.1, 0.15) is 44.0 Å². The van der Waals surface area contributed by atoms with E-state index >= 15 is 0 Å². The number of nitrogens with two attached hydrogens (primary N) is 1. The molecular weight excluding hydrogens is 224 g/mol. The van der Waals surface area contributed by atoms with Crippen molar-refractivity contribution < 1.29 is 4.79 Å². The molecule has 18 heavy (non-hydrogen) atoms. The molecule has 0 atom stereocenters. The number of rotatable bonds is 5. The third kappa shape index (κ3) is 2.84. The smallest absolute Gasteiger partial charge is 0.161 e. The average molecular weight is 246 g/mol. The van der Waals surface area contributed by atoms with Gasteiger partial charge in [-0.3, -0.25) is 4.79 Å². The van der Waals surface area contributed by atoms with Crippen molar-refractivity contribution in [1.29, 1.82) is 0 Å². The maximum absolute atomic E-state index is 11.4. The summed E-state index contributed by atoms with van der Waals surface area (Å²) in [4.78, 5) is 13.7. The Labute approximate surface area is 109 Å². The van der Waals surface area contributed by atoms with Crippen LogP contribution in [0.5, 0.6) is 0 Å². The molecule has 0 aromatic heterocycles. The van der Waals surface area contributed by atoms with Gasteiger partial charge < -0.3 is 10.6 Å². The number of nitrogen functional groups attached to an aromatic ring is 1. The number of ketones is 1. The summed E-state index contributed by atoms with van der Waals surface area (Å²) in [5.74, 6) is 0.860. The van der Waals surface area contributed by atoms with Crippen LogP contribution < -0.4 is 10.6 Å². The SMILES string of the molecule is CC(=O)c1ccc(N(CC2CC2)C(C)C)cc1N. The quantitative estimate of drug-likeness (QED) is 0.641. The van der Waals surface area contributed by atoms with Gasteiger partial charge in [-0.2, -0.15) is 0 Å². The molecule has 1 aliphatic carbocycles. The minimum atomic E-state index is 0.0253. The number of carbonyl (C=O) groups excluding carboxylic acids is 1. The fraction of sp³-hybridized carbons (Fsp3) is 0.533. The van der Waals surface area contributed by atoms with Crippen LogP contribution in [0.2, 0.25) is 0 Å². The van der Waals surface area contributed by atoms with E-state index < -0.39 is 0 Å². The van der Waals surface area contributed by atoms with E-state index in [0.717, 1.165) is 18.2 Å². The first-order valence-corrected chi connectivity index (χ1v) is 6.66. The monoisotopic (exact) mass is 246 g/mol. The van der Waals surface area contributed by atoms with Gasteiger partial charge in [-0.15, -0.1) is 0 Å². The minimum absolute atomic E-state index is 0.0253. The Balaban J connectivity index is 2.24. The molecule has 98 valence electrons. The molecule has 0 radical (unpaired) electrons. The zero-order valence-electron chi connectivity index (χ0n) is 11.4. The number of carbonyl (C=O) groups is 1. The minimum Gasteiger partial charge on any atom is -0.398 e. The maximum atomic E-state index is 11.4. The number of benzene rings is 1. The Morgan fingerprint density at radius 3 is 2.56 bits per heavy atom. The molecule has 2 N–H and O–H groups in total. The Morgan fingerprint density at radius 1 is 1.44 bits per heavy atom. The van der Waals surface area contributed by atoms with Gasteiger partial charge in [0.25, 0.3) is 0 Å². The van der Waals surface area contributed by atoms with Crippen LogP contribution in [-0.2, 0) is 0 Å². The Kier molecular flexibility index (Phi) is 3.60. The van der Waals surface area contributed by atoms with Crippen molar-refractivity contribution in [2.75, 3.05) is 17.2 Å². The number of hydrogen-bond acceptors (Lipinski definition) is 3. The normalized spacial score (nSPS) is 14.9. The van der Waals surface area contributed by atoms with E-state index in [2.05, 4.69) is 18.7 Å². The second-order valence-corrected chi connectivity index (χ2v) is 5.52. The zero-order valence-corrected chi connectivity index (χ0v) is 11.4. The molecule has 0 spiro atoms. The number of anilines is 2. The summed E-state index contributed by atoms with van der Waals surface area (Å²) in [6, 6.07) is 6.23. The van der Waals surface area contributed by atoms with Crippen LogP contribution >= 0.6 is 0 Å². The van der Waals surface area contributed by atoms with E-state index in [1.165, 1.54) is 12.8 Å². The van der Waals surface area contributed by atoms with E-state index in [1.807, 2.05) is 18.2 Å². The van der Waals surface area contributed by atoms with Gasteiger partial charge in [0.2, 0.25) is 0 Å². The van der Waals surface area contributed by atoms with Crippen LogP contribution in [0.3, 0.4) is 0 Å². The first-order valence-electron chi connectivity index (χ1n) is 6.66. The van der Waals surface area contributed by atoms with Crippen molar-refractivity contribution in [3.63, 3.8) is 0 Å². The predicted octanol–water partition coefficient (Wildman–Crippen LogP) is 3.10. The van der Waals surface area contributed by atoms with Gasteiger partial charge in [-0.05, 0) is 57.7 Å². The first kappa shape index (κ1) is 12.9. The van der Waals surface area contributed by atoms with Gasteiger partial charge in [0.15, 0.2) is 5.78 Å². The first-order chi connectivity index (χ1) is 8.49. The second-order valence-electron chi connectivity index (χ2n) is 5.52. The molecule has 0 heterocycles. The van der Waals surface area contributed by atoms with Crippen LogP contribution in [0, 0.1) is 5.92 Å². The standard InChI is InChI=1S/C15H22N2O/c1-10(2)17(9-12-4-5-12)13-6-7-14(11(3)18)15(16)8-13/h6-8,10,12H,4-5,9,16H2,1-3H3. The highest BCUT2D eigenvalue weighted by Gasteiger charge is 2.26. The van der Waals surface area contributed by atoms with Gasteiger partial charge in [0, 0.05) is 29.5 Å². The molecule has 0 amide bonds. The molecule has 1 aromatic carbocycles. The highest BCUT2D eigenvalue weighted by Crippen LogP contribution is 2.33. The predicted molar refractivity (Wildman–Crippen MR) is 76.1 cm³/mol. The van der Waals surface area contributed by atoms with Gasteiger partial charge in [-0.1, -0.05) is 0 Å². The lowest BCUT2D eigenvalue weighted by molar-refractivity contribution is 0.101. The second kappa shape index (κ2) is 5.01. The Hall–Kier alpha value is -1.51. The molecule has 1 fully saturated rings. The van der Waals surface area contributed by atoms with Crippen molar-refractivity contribution in [1.82, 2.24) is 0 Å². The molecule has 0 saturated heterocycles. The van der Waals surface area contributed by atoms with Gasteiger partial charge in [-0.25, -0.2) is 0 Å². The lowest BCUT2D eigenvalue weighted by atomic mass is 10.1. The van der Waals surface area contributed by atoms with Crippen LogP contribution in [0.15, 0.2) is 18.2 Å². The highest BCUT2D eigenvalue weighted by atomic mass is 16.1. The van der Waals surface area contributed by atoms with Crippen molar-refractivity contribution in [2.45, 2.75) is 39.7 Å². The fourth-order valence-corrected chi connectivity index (χ4v) is 2.24. The highest BCUT2D eigenvalue weighted by molar-refractivity contribution is 5.99. The Bertz CT molecular complexity index is 450. The van der Waals surface area contributed by atoms with E-state index in [4.69, 9.17) is 5.73 Å².